The molecule has 198 valence electrons. The molecule has 0 aromatic heterocycles. The molecular weight excluding hydrogens is 432 g/mol. The summed E-state index contributed by atoms with van der Waals surface area (Å²) in [7, 11) is 0. The summed E-state index contributed by atoms with van der Waals surface area (Å²) in [6, 6.07) is 10.2. The zero-order chi connectivity index (χ0) is 26.3. The highest BCUT2D eigenvalue weighted by Crippen LogP contribution is 2.26. The van der Waals surface area contributed by atoms with Gasteiger partial charge in [0.2, 0.25) is 0 Å². The van der Waals surface area contributed by atoms with Crippen LogP contribution in [0.2, 0.25) is 0 Å². The molecule has 1 aromatic carbocycles. The third-order valence-corrected chi connectivity index (χ3v) is 6.60. The van der Waals surface area contributed by atoms with Crippen LogP contribution in [-0.2, 0) is 4.79 Å². The van der Waals surface area contributed by atoms with Crippen LogP contribution in [-0.4, -0.2) is 12.0 Å². The zero-order valence-electron chi connectivity index (χ0n) is 23.8. The van der Waals surface area contributed by atoms with Gasteiger partial charge in [0.05, 0.1) is 4.91 Å². The van der Waals surface area contributed by atoms with E-state index in [-0.39, 0.29) is 0 Å². The summed E-state index contributed by atoms with van der Waals surface area (Å²) >= 11 is 1.70. The number of allylic oxidation sites excluding steroid dienone is 2. The van der Waals surface area contributed by atoms with Crippen molar-refractivity contribution in [2.45, 2.75) is 131 Å². The van der Waals surface area contributed by atoms with Crippen LogP contribution in [0.15, 0.2) is 48.4 Å². The first kappa shape index (κ1) is 37.3. The molecule has 0 spiro atoms. The van der Waals surface area contributed by atoms with Crippen LogP contribution in [0.25, 0.3) is 5.57 Å². The van der Waals surface area contributed by atoms with Crippen molar-refractivity contribution in [1.82, 2.24) is 0 Å². The van der Waals surface area contributed by atoms with Crippen molar-refractivity contribution in [1.29, 1.82) is 0 Å². The molecule has 1 aromatic rings. The molecule has 34 heavy (non-hydrogen) atoms. The highest BCUT2D eigenvalue weighted by Gasteiger charge is 2.04. The van der Waals surface area contributed by atoms with Gasteiger partial charge in [-0.1, -0.05) is 148 Å². The molecular formula is C32H58OS. The second-order valence-corrected chi connectivity index (χ2v) is 9.35. The zero-order valence-corrected chi connectivity index (χ0v) is 24.6. The maximum Gasteiger partial charge on any atom is 0.156 e. The van der Waals surface area contributed by atoms with E-state index in [1.54, 1.807) is 11.8 Å². The maximum absolute atomic E-state index is 11.3. The Bertz CT molecular complexity index is 529. The first-order valence-electron chi connectivity index (χ1n) is 14.0. The number of thioether (sulfide) groups is 1. The van der Waals surface area contributed by atoms with Gasteiger partial charge in [-0.2, -0.15) is 0 Å². The van der Waals surface area contributed by atoms with Crippen molar-refractivity contribution < 1.29 is 4.79 Å². The molecule has 0 bridgehead atoms. The Morgan fingerprint density at radius 1 is 0.706 bits per heavy atom. The molecule has 0 aliphatic rings. The number of rotatable bonds is 17. The van der Waals surface area contributed by atoms with Crippen molar-refractivity contribution in [3.8, 4) is 0 Å². The summed E-state index contributed by atoms with van der Waals surface area (Å²) in [5.41, 5.74) is 2.24. The number of aldehydes is 1. The highest BCUT2D eigenvalue weighted by atomic mass is 32.2. The Morgan fingerprint density at radius 2 is 1.09 bits per heavy atom. The quantitative estimate of drug-likeness (QED) is 0.0934. The van der Waals surface area contributed by atoms with Gasteiger partial charge in [-0.05, 0) is 30.2 Å². The summed E-state index contributed by atoms with van der Waals surface area (Å²) in [6.45, 7) is 18.8. The standard InChI is InChI=1S/C19H28OS.C9H20.C2H6.C2H4/c1-3-4-5-6-7-8-12-15-21-19(16-20)17(2)18-13-10-9-11-14-18;1-3-5-7-9-8-6-4-2;2*1-2/h9-11,13-14,16H,3-8,12,15H2,1-2H3;3-9H2,1-2H3;1-2H3;1-2H2/b19-17+;;;. The van der Waals surface area contributed by atoms with E-state index in [2.05, 4.69) is 46.1 Å². The van der Waals surface area contributed by atoms with E-state index in [9.17, 15) is 4.79 Å². The normalized spacial score (nSPS) is 10.4. The lowest BCUT2D eigenvalue weighted by Gasteiger charge is -2.07. The van der Waals surface area contributed by atoms with E-state index in [0.29, 0.717) is 0 Å². The Balaban J connectivity index is -0.000000619. The van der Waals surface area contributed by atoms with Gasteiger partial charge in [0.1, 0.15) is 0 Å². The molecule has 0 saturated heterocycles. The maximum atomic E-state index is 11.3. The summed E-state index contributed by atoms with van der Waals surface area (Å²) in [5.74, 6) is 1.05. The molecule has 0 unspecified atom stereocenters. The van der Waals surface area contributed by atoms with Crippen molar-refractivity contribution in [2.24, 2.45) is 0 Å². The number of carbonyl (C=O) groups excluding carboxylic acids is 1. The second kappa shape index (κ2) is 33.9. The monoisotopic (exact) mass is 490 g/mol. The summed E-state index contributed by atoms with van der Waals surface area (Å²) in [5, 5.41) is 0. The molecule has 2 heteroatoms. The van der Waals surface area contributed by atoms with Crippen molar-refractivity contribution in [3.63, 3.8) is 0 Å². The van der Waals surface area contributed by atoms with E-state index >= 15 is 0 Å². The molecule has 0 saturated carbocycles. The lowest BCUT2D eigenvalue weighted by atomic mass is 10.1. The number of carbonyl (C=O) groups is 1. The van der Waals surface area contributed by atoms with E-state index in [1.807, 2.05) is 39.0 Å². The lowest BCUT2D eigenvalue weighted by Crippen LogP contribution is -1.90. The third kappa shape index (κ3) is 25.3. The topological polar surface area (TPSA) is 17.1 Å². The second-order valence-electron chi connectivity index (χ2n) is 8.21. The molecule has 0 atom stereocenters. The predicted octanol–water partition coefficient (Wildman–Crippen LogP) is 11.7. The molecule has 1 rings (SSSR count). The lowest BCUT2D eigenvalue weighted by molar-refractivity contribution is -0.104. The molecule has 0 fully saturated rings. The average Bonchev–Trinajstić information content (AvgIpc) is 2.91. The number of hydrogen-bond acceptors (Lipinski definition) is 2. The van der Waals surface area contributed by atoms with Gasteiger partial charge in [-0.15, -0.1) is 24.9 Å². The minimum atomic E-state index is 0.882. The van der Waals surface area contributed by atoms with Gasteiger partial charge in [-0.25, -0.2) is 0 Å². The number of benzene rings is 1. The first-order valence-corrected chi connectivity index (χ1v) is 15.0. The van der Waals surface area contributed by atoms with Gasteiger partial charge in [0.15, 0.2) is 6.29 Å². The Morgan fingerprint density at radius 3 is 1.47 bits per heavy atom. The number of unbranched alkanes of at least 4 members (excludes halogenated alkanes) is 12. The predicted molar refractivity (Wildman–Crippen MR) is 162 cm³/mol. The van der Waals surface area contributed by atoms with Crippen LogP contribution in [0, 0.1) is 0 Å². The van der Waals surface area contributed by atoms with Gasteiger partial charge >= 0.3 is 0 Å². The summed E-state index contributed by atoms with van der Waals surface area (Å²) in [4.78, 5) is 12.2. The largest absolute Gasteiger partial charge is 0.297 e. The van der Waals surface area contributed by atoms with Gasteiger partial charge in [-0.3, -0.25) is 4.79 Å². The van der Waals surface area contributed by atoms with E-state index in [0.717, 1.165) is 28.1 Å². The molecule has 0 aliphatic heterocycles. The SMILES string of the molecule is C=C.CC.CCCCCCCCC.CCCCCCCCCS/C(C=O)=C(\C)c1ccccc1. The van der Waals surface area contributed by atoms with Crippen LogP contribution >= 0.6 is 11.8 Å². The minimum absolute atomic E-state index is 0.882. The van der Waals surface area contributed by atoms with Gasteiger partial charge in [0.25, 0.3) is 0 Å². The van der Waals surface area contributed by atoms with Gasteiger partial charge < -0.3 is 0 Å². The first-order chi connectivity index (χ1) is 16.7. The Hall–Kier alpha value is -1.28. The molecule has 1 nitrogen and oxygen atoms in total. The molecule has 0 heterocycles. The van der Waals surface area contributed by atoms with Crippen molar-refractivity contribution >= 4 is 23.6 Å². The van der Waals surface area contributed by atoms with Crippen LogP contribution in [0.1, 0.15) is 137 Å². The smallest absolute Gasteiger partial charge is 0.156 e. The molecule has 0 N–H and O–H groups in total. The van der Waals surface area contributed by atoms with E-state index < -0.39 is 0 Å². The van der Waals surface area contributed by atoms with E-state index in [4.69, 9.17) is 0 Å². The Labute approximate surface area is 219 Å². The highest BCUT2D eigenvalue weighted by molar-refractivity contribution is 8.04. The van der Waals surface area contributed by atoms with Crippen LogP contribution in [0.4, 0.5) is 0 Å². The fraction of sp³-hybridized carbons (Fsp3) is 0.656. The van der Waals surface area contributed by atoms with Crippen molar-refractivity contribution in [3.05, 3.63) is 54.0 Å². The molecule has 0 amide bonds. The van der Waals surface area contributed by atoms with Gasteiger partial charge in [0, 0.05) is 0 Å². The summed E-state index contributed by atoms with van der Waals surface area (Å²) < 4.78 is 0. The Kier molecular flexibility index (Phi) is 37.2. The van der Waals surface area contributed by atoms with Crippen molar-refractivity contribution in [2.75, 3.05) is 5.75 Å². The third-order valence-electron chi connectivity index (χ3n) is 5.40. The average molecular weight is 491 g/mol. The molecule has 0 aliphatic carbocycles. The van der Waals surface area contributed by atoms with Crippen LogP contribution in [0.5, 0.6) is 0 Å². The van der Waals surface area contributed by atoms with Crippen LogP contribution in [0.3, 0.4) is 0 Å². The fourth-order valence-electron chi connectivity index (χ4n) is 3.33. The fourth-order valence-corrected chi connectivity index (χ4v) is 4.30. The van der Waals surface area contributed by atoms with Crippen LogP contribution < -0.4 is 0 Å². The summed E-state index contributed by atoms with van der Waals surface area (Å²) in [6.07, 6.45) is 20.2. The minimum Gasteiger partial charge on any atom is -0.297 e. The number of hydrogen-bond donors (Lipinski definition) is 0. The molecule has 0 radical (unpaired) electrons. The van der Waals surface area contributed by atoms with E-state index in [1.165, 1.54) is 89.9 Å².